The highest BCUT2D eigenvalue weighted by Crippen LogP contribution is 2.32. The second kappa shape index (κ2) is 8.30. The van der Waals surface area contributed by atoms with Crippen molar-refractivity contribution >= 4 is 30.7 Å². The third-order valence-electron chi connectivity index (χ3n) is 4.21. The molecule has 0 aromatic heterocycles. The zero-order chi connectivity index (χ0) is 12.4. The molecule has 0 aromatic carbocycles. The van der Waals surface area contributed by atoms with Crippen LogP contribution < -0.4 is 11.1 Å². The monoisotopic (exact) mass is 311 g/mol. The highest BCUT2D eigenvalue weighted by Gasteiger charge is 2.36. The van der Waals surface area contributed by atoms with E-state index >= 15 is 0 Å². The molecule has 0 saturated carbocycles. The van der Waals surface area contributed by atoms with E-state index in [0.717, 1.165) is 12.8 Å². The molecule has 3 unspecified atom stereocenters. The summed E-state index contributed by atoms with van der Waals surface area (Å²) in [5, 5.41) is 3.15. The normalized spacial score (nSPS) is 31.6. The van der Waals surface area contributed by atoms with E-state index in [4.69, 9.17) is 5.73 Å². The molecule has 114 valence electrons. The maximum absolute atomic E-state index is 11.7. The molecule has 2 bridgehead atoms. The second-order valence-electron chi connectivity index (χ2n) is 5.82. The summed E-state index contributed by atoms with van der Waals surface area (Å²) in [6, 6.07) is 1.67. The van der Waals surface area contributed by atoms with E-state index in [1.54, 1.807) is 0 Å². The molecule has 3 N–H and O–H groups in total. The molecule has 2 rings (SSSR count). The third kappa shape index (κ3) is 5.10. The molecular formula is C13H27Cl2N3O. The van der Waals surface area contributed by atoms with Crippen LogP contribution in [0, 0.1) is 0 Å². The summed E-state index contributed by atoms with van der Waals surface area (Å²) in [6.45, 7) is 1.88. The molecule has 4 nitrogen and oxygen atoms in total. The lowest BCUT2D eigenvalue weighted by Gasteiger charge is -2.47. The average molecular weight is 312 g/mol. The first-order valence-electron chi connectivity index (χ1n) is 6.83. The molecule has 19 heavy (non-hydrogen) atoms. The number of nitrogens with one attached hydrogen (secondary N) is 1. The summed E-state index contributed by atoms with van der Waals surface area (Å²) in [4.78, 5) is 14.2. The van der Waals surface area contributed by atoms with Crippen molar-refractivity contribution < 1.29 is 4.79 Å². The molecule has 3 atom stereocenters. The molecule has 2 heterocycles. The van der Waals surface area contributed by atoms with Gasteiger partial charge < -0.3 is 16.0 Å². The summed E-state index contributed by atoms with van der Waals surface area (Å²) in [7, 11) is 2.23. The van der Waals surface area contributed by atoms with Gasteiger partial charge in [-0.2, -0.15) is 0 Å². The fourth-order valence-corrected chi connectivity index (χ4v) is 3.31. The molecule has 2 fully saturated rings. The van der Waals surface area contributed by atoms with Gasteiger partial charge in [0, 0.05) is 30.6 Å². The minimum absolute atomic E-state index is 0. The SMILES string of the molecule is CC(N)CC(=O)NC1CC2CCCC(C1)N2C.Cl.Cl. The highest BCUT2D eigenvalue weighted by atomic mass is 35.5. The van der Waals surface area contributed by atoms with Crippen LogP contribution in [-0.4, -0.2) is 42.0 Å². The zero-order valence-corrected chi connectivity index (χ0v) is 13.4. The van der Waals surface area contributed by atoms with E-state index in [1.165, 1.54) is 19.3 Å². The Kier molecular flexibility index (Phi) is 8.29. The number of hydrogen-bond acceptors (Lipinski definition) is 3. The number of nitrogens with two attached hydrogens (primary N) is 1. The van der Waals surface area contributed by atoms with Crippen LogP contribution in [0.4, 0.5) is 0 Å². The predicted molar refractivity (Wildman–Crippen MR) is 83.1 cm³/mol. The van der Waals surface area contributed by atoms with Gasteiger partial charge in [-0.05, 0) is 39.7 Å². The Balaban J connectivity index is 0.00000162. The van der Waals surface area contributed by atoms with E-state index in [-0.39, 0.29) is 36.8 Å². The number of rotatable bonds is 3. The number of piperidine rings is 2. The van der Waals surface area contributed by atoms with Gasteiger partial charge >= 0.3 is 0 Å². The molecule has 2 saturated heterocycles. The van der Waals surface area contributed by atoms with Crippen LogP contribution >= 0.6 is 24.8 Å². The van der Waals surface area contributed by atoms with E-state index in [9.17, 15) is 4.79 Å². The smallest absolute Gasteiger partial charge is 0.221 e. The number of hydrogen-bond donors (Lipinski definition) is 2. The Morgan fingerprint density at radius 3 is 2.32 bits per heavy atom. The summed E-state index contributed by atoms with van der Waals surface area (Å²) in [5.74, 6) is 0.118. The fraction of sp³-hybridized carbons (Fsp3) is 0.923. The number of fused-ring (bicyclic) bond motifs is 2. The molecule has 0 aliphatic carbocycles. The van der Waals surface area contributed by atoms with Crippen molar-refractivity contribution in [3.05, 3.63) is 0 Å². The van der Waals surface area contributed by atoms with Crippen LogP contribution in [0.15, 0.2) is 0 Å². The second-order valence-corrected chi connectivity index (χ2v) is 5.82. The van der Waals surface area contributed by atoms with Crippen LogP contribution in [0.3, 0.4) is 0 Å². The van der Waals surface area contributed by atoms with Crippen molar-refractivity contribution in [1.82, 2.24) is 10.2 Å². The molecule has 0 radical (unpaired) electrons. The number of nitrogens with zero attached hydrogens (tertiary/aromatic N) is 1. The minimum atomic E-state index is -0.0410. The van der Waals surface area contributed by atoms with E-state index in [0.29, 0.717) is 24.5 Å². The quantitative estimate of drug-likeness (QED) is 0.834. The van der Waals surface area contributed by atoms with Gasteiger partial charge in [0.05, 0.1) is 0 Å². The Hall–Kier alpha value is -0.0300. The number of amides is 1. The fourth-order valence-electron chi connectivity index (χ4n) is 3.31. The van der Waals surface area contributed by atoms with Gasteiger partial charge in [-0.15, -0.1) is 24.8 Å². The van der Waals surface area contributed by atoms with Gasteiger partial charge in [-0.25, -0.2) is 0 Å². The van der Waals surface area contributed by atoms with Crippen LogP contribution in [0.25, 0.3) is 0 Å². The molecule has 2 aliphatic rings. The van der Waals surface area contributed by atoms with Gasteiger partial charge in [0.15, 0.2) is 0 Å². The standard InChI is InChI=1S/C13H25N3O.2ClH/c1-9(14)6-13(17)15-10-7-11-4-3-5-12(8-10)16(11)2;;/h9-12H,3-8,14H2,1-2H3,(H,15,17);2*1H. The van der Waals surface area contributed by atoms with Gasteiger partial charge in [0.1, 0.15) is 0 Å². The van der Waals surface area contributed by atoms with Crippen molar-refractivity contribution in [2.45, 2.75) is 69.6 Å². The van der Waals surface area contributed by atoms with Crippen molar-refractivity contribution in [2.75, 3.05) is 7.05 Å². The van der Waals surface area contributed by atoms with Gasteiger partial charge in [0.2, 0.25) is 5.91 Å². The first-order valence-corrected chi connectivity index (χ1v) is 6.83. The summed E-state index contributed by atoms with van der Waals surface area (Å²) in [6.07, 6.45) is 6.58. The highest BCUT2D eigenvalue weighted by molar-refractivity contribution is 5.85. The van der Waals surface area contributed by atoms with Crippen LogP contribution in [-0.2, 0) is 4.79 Å². The summed E-state index contributed by atoms with van der Waals surface area (Å²) in [5.41, 5.74) is 5.64. The number of carbonyl (C=O) groups excluding carboxylic acids is 1. The largest absolute Gasteiger partial charge is 0.353 e. The average Bonchev–Trinajstić information content (AvgIpc) is 2.18. The molecule has 6 heteroatoms. The van der Waals surface area contributed by atoms with Gasteiger partial charge in [-0.3, -0.25) is 4.79 Å². The predicted octanol–water partition coefficient (Wildman–Crippen LogP) is 1.70. The summed E-state index contributed by atoms with van der Waals surface area (Å²) < 4.78 is 0. The topological polar surface area (TPSA) is 58.4 Å². The zero-order valence-electron chi connectivity index (χ0n) is 11.8. The lowest BCUT2D eigenvalue weighted by molar-refractivity contribution is -0.122. The molecular weight excluding hydrogens is 285 g/mol. The van der Waals surface area contributed by atoms with E-state index < -0.39 is 0 Å². The number of carbonyl (C=O) groups is 1. The maximum Gasteiger partial charge on any atom is 0.221 e. The van der Waals surface area contributed by atoms with E-state index in [2.05, 4.69) is 17.3 Å². The van der Waals surface area contributed by atoms with Crippen molar-refractivity contribution in [1.29, 1.82) is 0 Å². The molecule has 1 amide bonds. The van der Waals surface area contributed by atoms with Crippen LogP contribution in [0.2, 0.25) is 0 Å². The Morgan fingerprint density at radius 2 is 1.84 bits per heavy atom. The summed E-state index contributed by atoms with van der Waals surface area (Å²) >= 11 is 0. The van der Waals surface area contributed by atoms with Crippen LogP contribution in [0.1, 0.15) is 45.4 Å². The first kappa shape index (κ1) is 19.0. The Bertz CT molecular complexity index is 275. The Morgan fingerprint density at radius 1 is 1.32 bits per heavy atom. The van der Waals surface area contributed by atoms with Gasteiger partial charge in [0.25, 0.3) is 0 Å². The lowest BCUT2D eigenvalue weighted by Crippen LogP contribution is -2.55. The van der Waals surface area contributed by atoms with Gasteiger partial charge in [-0.1, -0.05) is 6.42 Å². The Labute approximate surface area is 128 Å². The molecule has 0 spiro atoms. The van der Waals surface area contributed by atoms with Crippen molar-refractivity contribution in [3.8, 4) is 0 Å². The van der Waals surface area contributed by atoms with Crippen molar-refractivity contribution in [2.24, 2.45) is 5.73 Å². The van der Waals surface area contributed by atoms with Crippen molar-refractivity contribution in [3.63, 3.8) is 0 Å². The third-order valence-corrected chi connectivity index (χ3v) is 4.21. The van der Waals surface area contributed by atoms with Crippen LogP contribution in [0.5, 0.6) is 0 Å². The maximum atomic E-state index is 11.7. The molecule has 2 aliphatic heterocycles. The minimum Gasteiger partial charge on any atom is -0.353 e. The van der Waals surface area contributed by atoms with E-state index in [1.807, 2.05) is 6.92 Å². The molecule has 0 aromatic rings. The lowest BCUT2D eigenvalue weighted by atomic mass is 9.82. The number of halogens is 2. The first-order chi connectivity index (χ1) is 8.06.